The minimum Gasteiger partial charge on any atom is -0.382 e. The molecule has 0 spiro atoms. The van der Waals surface area contributed by atoms with Crippen molar-refractivity contribution in [2.75, 3.05) is 19.3 Å². The van der Waals surface area contributed by atoms with Crippen molar-refractivity contribution < 1.29 is 39.3 Å². The Bertz CT molecular complexity index is 1590. The predicted molar refractivity (Wildman–Crippen MR) is 146 cm³/mol. The van der Waals surface area contributed by atoms with Crippen LogP contribution in [0.2, 0.25) is 0 Å². The number of halogens is 5. The third kappa shape index (κ3) is 6.84. The molecule has 1 amide bonds. The maximum atomic E-state index is 14.6. The Morgan fingerprint density at radius 1 is 1.09 bits per heavy atom. The number of nitrogens with one attached hydrogen (secondary N) is 2. The molecule has 5 rings (SSSR count). The zero-order valence-electron chi connectivity index (χ0n) is 23.1. The molecule has 2 unspecified atom stereocenters. The molecule has 1 saturated heterocycles. The van der Waals surface area contributed by atoms with Gasteiger partial charge in [-0.2, -0.15) is 13.5 Å². The fourth-order valence-electron chi connectivity index (χ4n) is 5.30. The van der Waals surface area contributed by atoms with Crippen molar-refractivity contribution >= 4 is 27.4 Å². The van der Waals surface area contributed by atoms with Crippen molar-refractivity contribution in [2.45, 2.75) is 63.8 Å². The highest BCUT2D eigenvalue weighted by atomic mass is 32.2. The van der Waals surface area contributed by atoms with E-state index in [4.69, 9.17) is 9.17 Å². The summed E-state index contributed by atoms with van der Waals surface area (Å²) in [5.74, 6) is -0.897. The van der Waals surface area contributed by atoms with E-state index < -0.39 is 58.3 Å². The maximum Gasteiger partial charge on any atom is 0.306 e. The monoisotopic (exact) mass is 648 g/mol. The number of carbonyl (C=O) groups is 1. The first-order valence-corrected chi connectivity index (χ1v) is 16.1. The molecule has 43 heavy (non-hydrogen) atoms. The van der Waals surface area contributed by atoms with Crippen LogP contribution >= 0.6 is 11.3 Å². The second kappa shape index (κ2) is 12.5. The molecule has 2 aliphatic heterocycles. The standard InChI is InChI=1S/C26H29F5N6O4S2/c1-13(37-20(23(30)31)9-18(35-37)22(28)29)26(38)36-7-5-14(6-8-36)25-34-19(12-42-25)24-32-10-15-16(11-33-24)21(4-3-17(15)27)41-43(2,39)40/h3-4,9,12-14,22-24,32-33H,5-8,10-11H2,1-2H3. The van der Waals surface area contributed by atoms with Gasteiger partial charge in [-0.05, 0) is 38.0 Å². The Morgan fingerprint density at radius 2 is 1.77 bits per heavy atom. The van der Waals surface area contributed by atoms with Gasteiger partial charge >= 0.3 is 10.1 Å². The SMILES string of the molecule is CC(C(=O)N1CCC(c2nc(C3NCc4c(F)ccc(OS(C)(=O)=O)c4CN3)cs2)CC1)n1nc(C(F)F)cc1C(F)F. The number of amides is 1. The van der Waals surface area contributed by atoms with Crippen LogP contribution in [0.5, 0.6) is 5.75 Å². The van der Waals surface area contributed by atoms with E-state index in [0.717, 1.165) is 17.3 Å². The highest BCUT2D eigenvalue weighted by Crippen LogP contribution is 2.34. The van der Waals surface area contributed by atoms with Crippen molar-refractivity contribution in [1.82, 2.24) is 30.3 Å². The molecule has 0 bridgehead atoms. The lowest BCUT2D eigenvalue weighted by Gasteiger charge is -2.33. The Morgan fingerprint density at radius 3 is 2.40 bits per heavy atom. The molecule has 1 fully saturated rings. The first-order valence-electron chi connectivity index (χ1n) is 13.4. The zero-order valence-corrected chi connectivity index (χ0v) is 24.7. The molecular weight excluding hydrogens is 619 g/mol. The molecule has 1 aromatic carbocycles. The van der Waals surface area contributed by atoms with Gasteiger partial charge in [0.15, 0.2) is 0 Å². The fraction of sp³-hybridized carbons (Fsp3) is 0.500. The lowest BCUT2D eigenvalue weighted by atomic mass is 9.97. The topological polar surface area (TPSA) is 118 Å². The molecule has 234 valence electrons. The van der Waals surface area contributed by atoms with Gasteiger partial charge in [0.2, 0.25) is 5.91 Å². The van der Waals surface area contributed by atoms with Crippen LogP contribution in [0.25, 0.3) is 0 Å². The van der Waals surface area contributed by atoms with Gasteiger partial charge in [0, 0.05) is 48.6 Å². The van der Waals surface area contributed by atoms with Gasteiger partial charge in [0.1, 0.15) is 35.2 Å². The number of benzene rings is 1. The van der Waals surface area contributed by atoms with E-state index >= 15 is 0 Å². The quantitative estimate of drug-likeness (QED) is 0.270. The van der Waals surface area contributed by atoms with E-state index in [1.807, 2.05) is 5.38 Å². The predicted octanol–water partition coefficient (Wildman–Crippen LogP) is 4.55. The van der Waals surface area contributed by atoms with Crippen LogP contribution in [0.3, 0.4) is 0 Å². The summed E-state index contributed by atoms with van der Waals surface area (Å²) < 4.78 is 96.7. The lowest BCUT2D eigenvalue weighted by molar-refractivity contribution is -0.135. The number of alkyl halides is 4. The van der Waals surface area contributed by atoms with Crippen molar-refractivity contribution in [3.8, 4) is 5.75 Å². The largest absolute Gasteiger partial charge is 0.382 e. The number of aromatic nitrogens is 3. The number of thiazole rings is 1. The summed E-state index contributed by atoms with van der Waals surface area (Å²) in [5.41, 5.74) is -0.184. The molecule has 2 atom stereocenters. The van der Waals surface area contributed by atoms with Gasteiger partial charge in [0.25, 0.3) is 12.9 Å². The zero-order chi connectivity index (χ0) is 31.1. The summed E-state index contributed by atoms with van der Waals surface area (Å²) in [7, 11) is -3.81. The van der Waals surface area contributed by atoms with Crippen LogP contribution in [0, 0.1) is 5.82 Å². The third-order valence-corrected chi connectivity index (χ3v) is 8.99. The molecule has 2 aliphatic rings. The summed E-state index contributed by atoms with van der Waals surface area (Å²) in [4.78, 5) is 19.4. The number of nitrogens with zero attached hydrogens (tertiary/aromatic N) is 4. The first-order chi connectivity index (χ1) is 20.3. The molecule has 4 heterocycles. The van der Waals surface area contributed by atoms with Crippen LogP contribution in [-0.2, 0) is 28.0 Å². The van der Waals surface area contributed by atoms with Crippen molar-refractivity contribution in [1.29, 1.82) is 0 Å². The van der Waals surface area contributed by atoms with Crippen LogP contribution in [0.15, 0.2) is 23.6 Å². The van der Waals surface area contributed by atoms with Gasteiger partial charge in [-0.25, -0.2) is 26.9 Å². The maximum absolute atomic E-state index is 14.6. The van der Waals surface area contributed by atoms with E-state index in [-0.39, 0.29) is 24.8 Å². The van der Waals surface area contributed by atoms with E-state index in [1.54, 1.807) is 0 Å². The van der Waals surface area contributed by atoms with E-state index in [0.29, 0.717) is 53.5 Å². The summed E-state index contributed by atoms with van der Waals surface area (Å²) in [6.45, 7) is 2.25. The van der Waals surface area contributed by atoms with Gasteiger partial charge in [-0.15, -0.1) is 11.3 Å². The molecule has 2 N–H and O–H groups in total. The number of likely N-dealkylation sites (tertiary alicyclic amines) is 1. The highest BCUT2D eigenvalue weighted by molar-refractivity contribution is 7.86. The molecule has 0 radical (unpaired) electrons. The Hall–Kier alpha value is -3.15. The van der Waals surface area contributed by atoms with Crippen LogP contribution < -0.4 is 14.8 Å². The van der Waals surface area contributed by atoms with Gasteiger partial charge in [-0.3, -0.25) is 20.1 Å². The Kier molecular flexibility index (Phi) is 9.06. The molecule has 2 aromatic heterocycles. The lowest BCUT2D eigenvalue weighted by Crippen LogP contribution is -2.41. The number of rotatable bonds is 8. The molecule has 0 aliphatic carbocycles. The first kappa shape index (κ1) is 31.3. The van der Waals surface area contributed by atoms with E-state index in [2.05, 4.69) is 15.7 Å². The fourth-order valence-corrected chi connectivity index (χ4v) is 6.80. The Balaban J connectivity index is 1.22. The second-order valence-electron chi connectivity index (χ2n) is 10.4. The summed E-state index contributed by atoms with van der Waals surface area (Å²) >= 11 is 1.44. The third-order valence-electron chi connectivity index (χ3n) is 7.48. The van der Waals surface area contributed by atoms with Crippen molar-refractivity contribution in [3.05, 3.63) is 62.6 Å². The number of hydrogen-bond donors (Lipinski definition) is 2. The highest BCUT2D eigenvalue weighted by Gasteiger charge is 2.33. The van der Waals surface area contributed by atoms with E-state index in [1.165, 1.54) is 29.2 Å². The minimum atomic E-state index is -3.81. The van der Waals surface area contributed by atoms with Crippen molar-refractivity contribution in [2.24, 2.45) is 0 Å². The summed E-state index contributed by atoms with van der Waals surface area (Å²) in [5, 5.41) is 12.7. The normalized spacial score (nSPS) is 19.0. The molecular formula is C26H29F5N6O4S2. The Labute approximate surface area is 248 Å². The smallest absolute Gasteiger partial charge is 0.306 e. The van der Waals surface area contributed by atoms with Crippen LogP contribution in [0.4, 0.5) is 22.0 Å². The molecule has 3 aromatic rings. The number of piperidine rings is 1. The number of hydrogen-bond acceptors (Lipinski definition) is 9. The van der Waals surface area contributed by atoms with Crippen LogP contribution in [-0.4, -0.2) is 53.3 Å². The summed E-state index contributed by atoms with van der Waals surface area (Å²) in [6, 6.07) is 1.89. The molecule has 17 heteroatoms. The molecule has 10 nitrogen and oxygen atoms in total. The average molecular weight is 649 g/mol. The number of fused-ring (bicyclic) bond motifs is 1. The average Bonchev–Trinajstić information content (AvgIpc) is 3.57. The molecule has 0 saturated carbocycles. The van der Waals surface area contributed by atoms with Gasteiger partial charge < -0.3 is 9.08 Å². The minimum absolute atomic E-state index is 0.0278. The second-order valence-corrected chi connectivity index (χ2v) is 12.9. The van der Waals surface area contributed by atoms with Crippen molar-refractivity contribution in [3.63, 3.8) is 0 Å². The van der Waals surface area contributed by atoms with Gasteiger partial charge in [0.05, 0.1) is 17.0 Å². The van der Waals surface area contributed by atoms with E-state index in [9.17, 15) is 35.2 Å². The summed E-state index contributed by atoms with van der Waals surface area (Å²) in [6.07, 6.45) is -4.52. The van der Waals surface area contributed by atoms with Gasteiger partial charge in [-0.1, -0.05) is 0 Å². The van der Waals surface area contributed by atoms with Crippen LogP contribution in [0.1, 0.15) is 84.0 Å². The number of carbonyl (C=O) groups excluding carboxylic acids is 1.